The summed E-state index contributed by atoms with van der Waals surface area (Å²) in [6, 6.07) is 13.6. The minimum Gasteiger partial charge on any atom is -0.444 e. The molecule has 4 heterocycles. The van der Waals surface area contributed by atoms with E-state index in [1.54, 1.807) is 4.90 Å². The fourth-order valence-electron chi connectivity index (χ4n) is 4.64. The molecular formula is C29H38N4O4. The lowest BCUT2D eigenvalue weighted by Crippen LogP contribution is -2.50. The molecule has 2 saturated heterocycles. The molecule has 0 atom stereocenters. The molecule has 5 rings (SSSR count). The molecule has 2 aromatic heterocycles. The van der Waals surface area contributed by atoms with Crippen LogP contribution in [0, 0.1) is 0 Å². The van der Waals surface area contributed by atoms with Gasteiger partial charge in [0.1, 0.15) is 17.0 Å². The summed E-state index contributed by atoms with van der Waals surface area (Å²) in [5, 5.41) is 0.851. The van der Waals surface area contributed by atoms with Gasteiger partial charge in [0.15, 0.2) is 0 Å². The number of carbonyl (C=O) groups is 1. The highest BCUT2D eigenvalue weighted by molar-refractivity contribution is 5.84. The van der Waals surface area contributed by atoms with Crippen molar-refractivity contribution in [2.75, 3.05) is 49.1 Å². The number of hydrogen-bond donors (Lipinski definition) is 0. The van der Waals surface area contributed by atoms with Gasteiger partial charge in [0.25, 0.3) is 0 Å². The van der Waals surface area contributed by atoms with Gasteiger partial charge in [0.05, 0.1) is 11.3 Å². The number of nitrogens with zero attached hydrogens (tertiary/aromatic N) is 4. The molecular weight excluding hydrogens is 468 g/mol. The summed E-state index contributed by atoms with van der Waals surface area (Å²) in [5.74, 6) is 0.903. The van der Waals surface area contributed by atoms with Crippen molar-refractivity contribution in [1.29, 1.82) is 0 Å². The van der Waals surface area contributed by atoms with E-state index < -0.39 is 11.2 Å². The minimum atomic E-state index is -0.506. The molecule has 3 aromatic rings. The Kier molecular flexibility index (Phi) is 8.05. The monoisotopic (exact) mass is 506 g/mol. The Morgan fingerprint density at radius 1 is 0.919 bits per heavy atom. The lowest BCUT2D eigenvalue weighted by atomic mass is 10.1. The second-order valence-corrected chi connectivity index (χ2v) is 10.2. The van der Waals surface area contributed by atoms with Gasteiger partial charge in [-0.3, -0.25) is 0 Å². The number of amides is 1. The van der Waals surface area contributed by atoms with Crippen molar-refractivity contribution in [3.63, 3.8) is 0 Å². The molecule has 0 radical (unpaired) electrons. The molecule has 37 heavy (non-hydrogen) atoms. The highest BCUT2D eigenvalue weighted by Gasteiger charge is 2.26. The number of piperazine rings is 1. The zero-order chi connectivity index (χ0) is 26.6. The summed E-state index contributed by atoms with van der Waals surface area (Å²) < 4.78 is 11.2. The van der Waals surface area contributed by atoms with Crippen LogP contribution in [0.4, 0.5) is 16.3 Å². The first kappa shape index (κ1) is 26.5. The van der Waals surface area contributed by atoms with Crippen LogP contribution in [0.3, 0.4) is 0 Å². The number of fused-ring (bicyclic) bond motifs is 1. The molecule has 0 unspecified atom stereocenters. The Labute approximate surface area is 218 Å². The number of aromatic nitrogens is 1. The van der Waals surface area contributed by atoms with Crippen LogP contribution < -0.4 is 15.4 Å². The molecule has 2 aliphatic heterocycles. The van der Waals surface area contributed by atoms with Crippen molar-refractivity contribution in [3.8, 4) is 11.3 Å². The van der Waals surface area contributed by atoms with E-state index in [9.17, 15) is 9.59 Å². The van der Waals surface area contributed by atoms with E-state index in [1.807, 2.05) is 77.1 Å². The molecule has 0 spiro atoms. The van der Waals surface area contributed by atoms with Crippen LogP contribution in [0.1, 0.15) is 47.5 Å². The minimum absolute atomic E-state index is 0.281. The highest BCUT2D eigenvalue weighted by atomic mass is 16.6. The second-order valence-electron chi connectivity index (χ2n) is 10.2. The lowest BCUT2D eigenvalue weighted by molar-refractivity contribution is 0.0240. The van der Waals surface area contributed by atoms with Gasteiger partial charge in [-0.1, -0.05) is 19.9 Å². The van der Waals surface area contributed by atoms with Gasteiger partial charge < -0.3 is 23.9 Å². The first-order valence-corrected chi connectivity index (χ1v) is 13.3. The molecule has 198 valence electrons. The molecule has 0 N–H and O–H groups in total. The molecule has 2 fully saturated rings. The van der Waals surface area contributed by atoms with Gasteiger partial charge >= 0.3 is 11.7 Å². The second kappa shape index (κ2) is 11.2. The lowest BCUT2D eigenvalue weighted by Gasteiger charge is -2.36. The highest BCUT2D eigenvalue weighted by Crippen LogP contribution is 2.27. The largest absolute Gasteiger partial charge is 0.444 e. The van der Waals surface area contributed by atoms with Crippen LogP contribution in [0.2, 0.25) is 0 Å². The third-order valence-electron chi connectivity index (χ3n) is 6.46. The molecule has 2 aliphatic rings. The van der Waals surface area contributed by atoms with Gasteiger partial charge in [0, 0.05) is 56.4 Å². The number of ether oxygens (including phenoxy) is 1. The van der Waals surface area contributed by atoms with Crippen molar-refractivity contribution >= 4 is 28.6 Å². The zero-order valence-electron chi connectivity index (χ0n) is 22.6. The maximum Gasteiger partial charge on any atom is 0.410 e. The van der Waals surface area contributed by atoms with Crippen molar-refractivity contribution in [2.24, 2.45) is 0 Å². The SMILES string of the molecule is CC.CC(C)(C)OC(=O)N1CCN(c2ccc3cc(-c4cccc(N5CCCC5)n4)c(=O)oc3c2)CC1. The van der Waals surface area contributed by atoms with E-state index in [0.717, 1.165) is 30.0 Å². The Morgan fingerprint density at radius 3 is 2.30 bits per heavy atom. The van der Waals surface area contributed by atoms with Crippen molar-refractivity contribution < 1.29 is 13.9 Å². The van der Waals surface area contributed by atoms with Gasteiger partial charge in [0.2, 0.25) is 0 Å². The average molecular weight is 507 g/mol. The third-order valence-corrected chi connectivity index (χ3v) is 6.46. The summed E-state index contributed by atoms with van der Waals surface area (Å²) >= 11 is 0. The first-order valence-electron chi connectivity index (χ1n) is 13.3. The maximum atomic E-state index is 12.9. The summed E-state index contributed by atoms with van der Waals surface area (Å²) in [4.78, 5) is 36.2. The Bertz CT molecular complexity index is 1280. The number of hydrogen-bond acceptors (Lipinski definition) is 7. The van der Waals surface area contributed by atoms with Crippen LogP contribution in [0.5, 0.6) is 0 Å². The molecule has 0 bridgehead atoms. The van der Waals surface area contributed by atoms with E-state index in [1.165, 1.54) is 12.8 Å². The van der Waals surface area contributed by atoms with E-state index in [0.29, 0.717) is 43.0 Å². The van der Waals surface area contributed by atoms with Crippen LogP contribution >= 0.6 is 0 Å². The fraction of sp³-hybridized carbons (Fsp3) is 0.483. The predicted molar refractivity (Wildman–Crippen MR) is 149 cm³/mol. The Morgan fingerprint density at radius 2 is 1.62 bits per heavy atom. The van der Waals surface area contributed by atoms with Crippen LogP contribution in [-0.4, -0.2) is 60.8 Å². The number of rotatable bonds is 3. The van der Waals surface area contributed by atoms with Crippen LogP contribution in [-0.2, 0) is 4.74 Å². The smallest absolute Gasteiger partial charge is 0.410 e. The van der Waals surface area contributed by atoms with Crippen molar-refractivity contribution in [1.82, 2.24) is 9.88 Å². The fourth-order valence-corrected chi connectivity index (χ4v) is 4.64. The summed E-state index contributed by atoms with van der Waals surface area (Å²) in [6.45, 7) is 14.1. The molecule has 1 aromatic carbocycles. The van der Waals surface area contributed by atoms with E-state index >= 15 is 0 Å². The zero-order valence-corrected chi connectivity index (χ0v) is 22.6. The molecule has 8 heteroatoms. The van der Waals surface area contributed by atoms with Gasteiger partial charge in [-0.2, -0.15) is 0 Å². The Balaban J connectivity index is 0.00000156. The summed E-state index contributed by atoms with van der Waals surface area (Å²) in [6.07, 6.45) is 2.06. The van der Waals surface area contributed by atoms with Crippen molar-refractivity contribution in [2.45, 2.75) is 53.1 Å². The molecule has 8 nitrogen and oxygen atoms in total. The normalized spacial score (nSPS) is 16.0. The number of benzene rings is 1. The maximum absolute atomic E-state index is 12.9. The van der Waals surface area contributed by atoms with E-state index in [4.69, 9.17) is 14.1 Å². The summed E-state index contributed by atoms with van der Waals surface area (Å²) in [5.41, 5.74) is 1.71. The van der Waals surface area contributed by atoms with Crippen molar-refractivity contribution in [3.05, 3.63) is 52.9 Å². The average Bonchev–Trinajstić information content (AvgIpc) is 3.44. The van der Waals surface area contributed by atoms with Gasteiger partial charge in [-0.25, -0.2) is 14.6 Å². The standard InChI is InChI=1S/C27H32N4O4.C2H6/c1-27(2,3)35-26(33)31-15-13-29(14-16-31)20-10-9-19-17-21(25(32)34-23(19)18-20)22-7-6-8-24(28-22)30-11-4-5-12-30;1-2/h6-10,17-18H,4-5,11-16H2,1-3H3;1-2H3. The third kappa shape index (κ3) is 6.24. The topological polar surface area (TPSA) is 79.1 Å². The van der Waals surface area contributed by atoms with Gasteiger partial charge in [-0.15, -0.1) is 0 Å². The van der Waals surface area contributed by atoms with E-state index in [-0.39, 0.29) is 6.09 Å². The number of anilines is 2. The molecule has 0 aliphatic carbocycles. The number of carbonyl (C=O) groups excluding carboxylic acids is 1. The Hall–Kier alpha value is -3.55. The van der Waals surface area contributed by atoms with Crippen LogP contribution in [0.15, 0.2) is 51.7 Å². The van der Waals surface area contributed by atoms with Crippen LogP contribution in [0.25, 0.3) is 22.2 Å². The number of pyridine rings is 1. The van der Waals surface area contributed by atoms with Gasteiger partial charge in [-0.05, 0) is 63.9 Å². The quantitative estimate of drug-likeness (QED) is 0.432. The molecule has 1 amide bonds. The van der Waals surface area contributed by atoms with E-state index in [2.05, 4.69) is 9.80 Å². The predicted octanol–water partition coefficient (Wildman–Crippen LogP) is 5.54. The summed E-state index contributed by atoms with van der Waals surface area (Å²) in [7, 11) is 0. The first-order chi connectivity index (χ1) is 17.8. The molecule has 0 saturated carbocycles.